The molecule has 1 aromatic rings. The van der Waals surface area contributed by atoms with Gasteiger partial charge in [0.1, 0.15) is 11.8 Å². The van der Waals surface area contributed by atoms with Gasteiger partial charge >= 0.3 is 5.97 Å². The first kappa shape index (κ1) is 16.9. The van der Waals surface area contributed by atoms with E-state index in [0.29, 0.717) is 24.1 Å². The molecule has 1 unspecified atom stereocenters. The highest BCUT2D eigenvalue weighted by molar-refractivity contribution is 9.10. The van der Waals surface area contributed by atoms with Crippen LogP contribution in [0, 0.1) is 5.92 Å². The Balaban J connectivity index is 2.15. The maximum absolute atomic E-state index is 12.6. The molecule has 0 aromatic heterocycles. The van der Waals surface area contributed by atoms with E-state index in [1.54, 1.807) is 6.92 Å². The average molecular weight is 391 g/mol. The molecule has 0 saturated heterocycles. The van der Waals surface area contributed by atoms with Crippen LogP contribution in [-0.2, 0) is 14.3 Å². The fraction of sp³-hybridized carbons (Fsp3) is 0.389. The molecule has 126 valence electrons. The third kappa shape index (κ3) is 3.02. The molecule has 3 rings (SSSR count). The molecule has 1 aliphatic carbocycles. The summed E-state index contributed by atoms with van der Waals surface area (Å²) in [5.41, 5.74) is 8.32. The van der Waals surface area contributed by atoms with Crippen LogP contribution in [0.25, 0.3) is 0 Å². The van der Waals surface area contributed by atoms with Gasteiger partial charge in [-0.2, -0.15) is 0 Å². The Bertz CT molecular complexity index is 754. The number of esters is 1. The van der Waals surface area contributed by atoms with Crippen molar-refractivity contribution in [3.8, 4) is 0 Å². The van der Waals surface area contributed by atoms with E-state index < -0.39 is 17.8 Å². The van der Waals surface area contributed by atoms with Gasteiger partial charge in [0, 0.05) is 28.1 Å². The van der Waals surface area contributed by atoms with Crippen LogP contribution < -0.4 is 5.73 Å². The van der Waals surface area contributed by atoms with Crippen LogP contribution in [0.1, 0.15) is 37.7 Å². The van der Waals surface area contributed by atoms with Crippen LogP contribution in [0.15, 0.2) is 45.0 Å². The summed E-state index contributed by atoms with van der Waals surface area (Å²) in [6.07, 6.45) is 1.96. The fourth-order valence-corrected chi connectivity index (χ4v) is 3.84. The molecule has 1 aromatic carbocycles. The lowest BCUT2D eigenvalue weighted by atomic mass is 9.73. The lowest BCUT2D eigenvalue weighted by Crippen LogP contribution is -2.42. The molecule has 0 spiro atoms. The first-order valence-electron chi connectivity index (χ1n) is 8.05. The highest BCUT2D eigenvalue weighted by Gasteiger charge is 2.43. The van der Waals surface area contributed by atoms with Gasteiger partial charge in [-0.25, -0.2) is 4.99 Å². The maximum Gasteiger partial charge on any atom is 0.317 e. The van der Waals surface area contributed by atoms with Gasteiger partial charge in [0.05, 0.1) is 6.61 Å². The van der Waals surface area contributed by atoms with E-state index in [2.05, 4.69) is 20.9 Å². The molecule has 0 bridgehead atoms. The summed E-state index contributed by atoms with van der Waals surface area (Å²) in [4.78, 5) is 29.5. The molecule has 24 heavy (non-hydrogen) atoms. The Labute approximate surface area is 149 Å². The third-order valence-electron chi connectivity index (χ3n) is 4.40. The number of benzene rings is 1. The van der Waals surface area contributed by atoms with Gasteiger partial charge in [0.25, 0.3) is 0 Å². The molecule has 5 nitrogen and oxygen atoms in total. The summed E-state index contributed by atoms with van der Waals surface area (Å²) >= 11 is 3.46. The zero-order chi connectivity index (χ0) is 17.3. The van der Waals surface area contributed by atoms with Crippen molar-refractivity contribution in [2.75, 3.05) is 6.61 Å². The van der Waals surface area contributed by atoms with E-state index >= 15 is 0 Å². The number of carbonyl (C=O) groups excluding carboxylic acids is 2. The van der Waals surface area contributed by atoms with E-state index in [4.69, 9.17) is 10.5 Å². The normalized spacial score (nSPS) is 23.6. The molecule has 2 aliphatic rings. The van der Waals surface area contributed by atoms with Gasteiger partial charge < -0.3 is 10.5 Å². The Kier molecular flexibility index (Phi) is 4.85. The molecule has 6 heteroatoms. The number of amidine groups is 1. The minimum absolute atomic E-state index is 0.0479. The minimum atomic E-state index is -0.764. The van der Waals surface area contributed by atoms with Crippen LogP contribution in [0.2, 0.25) is 0 Å². The van der Waals surface area contributed by atoms with Crippen molar-refractivity contribution in [3.63, 3.8) is 0 Å². The number of carbonyl (C=O) groups is 2. The monoisotopic (exact) mass is 390 g/mol. The van der Waals surface area contributed by atoms with Crippen LogP contribution >= 0.6 is 15.9 Å². The summed E-state index contributed by atoms with van der Waals surface area (Å²) in [5.74, 6) is -1.37. The van der Waals surface area contributed by atoms with E-state index in [0.717, 1.165) is 16.5 Å². The van der Waals surface area contributed by atoms with Gasteiger partial charge in [0.15, 0.2) is 5.78 Å². The number of rotatable bonds is 3. The van der Waals surface area contributed by atoms with E-state index in [1.165, 1.54) is 0 Å². The second kappa shape index (κ2) is 6.89. The molecule has 1 heterocycles. The Morgan fingerprint density at radius 1 is 1.42 bits per heavy atom. The topological polar surface area (TPSA) is 81.8 Å². The quantitative estimate of drug-likeness (QED) is 0.803. The van der Waals surface area contributed by atoms with Gasteiger partial charge in [-0.05, 0) is 37.5 Å². The number of nitrogens with two attached hydrogens (primary N) is 1. The summed E-state index contributed by atoms with van der Waals surface area (Å²) in [6.45, 7) is 2.01. The smallest absolute Gasteiger partial charge is 0.317 e. The number of hydrogen-bond acceptors (Lipinski definition) is 5. The van der Waals surface area contributed by atoms with Gasteiger partial charge in [0.2, 0.25) is 0 Å². The molecular weight excluding hydrogens is 372 g/mol. The number of aliphatic imine (C=N–C) groups is 1. The van der Waals surface area contributed by atoms with E-state index in [-0.39, 0.29) is 18.2 Å². The molecule has 0 radical (unpaired) electrons. The van der Waals surface area contributed by atoms with Gasteiger partial charge in [-0.15, -0.1) is 0 Å². The molecule has 0 saturated carbocycles. The average Bonchev–Trinajstić information content (AvgIpc) is 2.54. The van der Waals surface area contributed by atoms with Crippen LogP contribution in [0.3, 0.4) is 0 Å². The zero-order valence-electron chi connectivity index (χ0n) is 13.4. The second-order valence-corrected chi connectivity index (χ2v) is 6.85. The summed E-state index contributed by atoms with van der Waals surface area (Å²) < 4.78 is 6.09. The van der Waals surface area contributed by atoms with Crippen molar-refractivity contribution < 1.29 is 14.3 Å². The summed E-state index contributed by atoms with van der Waals surface area (Å²) in [6, 6.07) is 7.62. The van der Waals surface area contributed by atoms with E-state index in [9.17, 15) is 9.59 Å². The number of allylic oxidation sites excluding steroid dienone is 2. The highest BCUT2D eigenvalue weighted by Crippen LogP contribution is 2.43. The molecule has 1 aliphatic heterocycles. The first-order valence-corrected chi connectivity index (χ1v) is 8.84. The molecular formula is C18H19BrN2O3. The Morgan fingerprint density at radius 2 is 2.21 bits per heavy atom. The Hall–Kier alpha value is -1.95. The highest BCUT2D eigenvalue weighted by atomic mass is 79.9. The summed E-state index contributed by atoms with van der Waals surface area (Å²) in [7, 11) is 0. The Morgan fingerprint density at radius 3 is 2.92 bits per heavy atom. The lowest BCUT2D eigenvalue weighted by molar-refractivity contribution is -0.146. The van der Waals surface area contributed by atoms with Crippen LogP contribution in [-0.4, -0.2) is 24.2 Å². The number of nitrogens with zero attached hydrogens (tertiary/aromatic N) is 1. The summed E-state index contributed by atoms with van der Waals surface area (Å²) in [5, 5.41) is 0. The zero-order valence-corrected chi connectivity index (χ0v) is 15.0. The SMILES string of the molecule is CCOC(=O)C1C(N)=NC2=C(C(=O)CCC2)[C@@H]1c1cccc(Br)c1. The number of halogens is 1. The maximum atomic E-state index is 12.6. The van der Waals surface area contributed by atoms with E-state index in [1.807, 2.05) is 24.3 Å². The van der Waals surface area contributed by atoms with Gasteiger partial charge in [-0.3, -0.25) is 9.59 Å². The van der Waals surface area contributed by atoms with Crippen molar-refractivity contribution in [1.82, 2.24) is 0 Å². The predicted octanol–water partition coefficient (Wildman–Crippen LogP) is 3.09. The number of hydrogen-bond donors (Lipinski definition) is 1. The number of ketones is 1. The molecule has 2 atom stereocenters. The molecule has 0 fully saturated rings. The fourth-order valence-electron chi connectivity index (χ4n) is 3.43. The van der Waals surface area contributed by atoms with Crippen molar-refractivity contribution >= 4 is 33.5 Å². The molecule has 2 N–H and O–H groups in total. The number of ether oxygens (including phenoxy) is 1. The third-order valence-corrected chi connectivity index (χ3v) is 4.90. The van der Waals surface area contributed by atoms with Crippen LogP contribution in [0.5, 0.6) is 0 Å². The predicted molar refractivity (Wildman–Crippen MR) is 94.5 cm³/mol. The van der Waals surface area contributed by atoms with Gasteiger partial charge in [-0.1, -0.05) is 28.1 Å². The van der Waals surface area contributed by atoms with Crippen molar-refractivity contribution in [3.05, 3.63) is 45.6 Å². The van der Waals surface area contributed by atoms with Crippen molar-refractivity contribution in [2.24, 2.45) is 16.6 Å². The van der Waals surface area contributed by atoms with Crippen LogP contribution in [0.4, 0.5) is 0 Å². The minimum Gasteiger partial charge on any atom is -0.465 e. The lowest BCUT2D eigenvalue weighted by Gasteiger charge is -2.34. The number of Topliss-reactive ketones (excluding diaryl/α,β-unsaturated/α-hetero) is 1. The largest absolute Gasteiger partial charge is 0.465 e. The molecule has 0 amide bonds. The first-order chi connectivity index (χ1) is 11.5. The van der Waals surface area contributed by atoms with Crippen molar-refractivity contribution in [1.29, 1.82) is 0 Å². The van der Waals surface area contributed by atoms with Crippen molar-refractivity contribution in [2.45, 2.75) is 32.1 Å². The standard InChI is InChI=1S/C18H19BrN2O3/c1-2-24-18(23)16-14(10-5-3-6-11(19)9-10)15-12(21-17(16)20)7-4-8-13(15)22/h3,5-6,9,14,16H,2,4,7-8H2,1H3,(H2,20,21)/t14-,16?/m0/s1. The second-order valence-electron chi connectivity index (χ2n) is 5.94.